The largest absolute Gasteiger partial charge is 0.497 e. The Morgan fingerprint density at radius 1 is 1.29 bits per heavy atom. The van der Waals surface area contributed by atoms with E-state index in [0.29, 0.717) is 47.3 Å². The number of ether oxygens (including phenoxy) is 1. The molecular weight excluding hydrogens is 440 g/mol. The SMILES string of the molecule is C#Cc1ccc(OC)cc1Sc1nc2c(N)ncnc2n1CCNCCNS(N)(=O)=O. The fourth-order valence-corrected chi connectivity index (χ4v) is 4.16. The van der Waals surface area contributed by atoms with E-state index in [4.69, 9.17) is 22.0 Å². The zero-order valence-electron chi connectivity index (χ0n) is 16.7. The van der Waals surface area contributed by atoms with Gasteiger partial charge in [-0.15, -0.1) is 6.42 Å². The first kappa shape index (κ1) is 22.8. The number of rotatable bonds is 10. The first-order valence-electron chi connectivity index (χ1n) is 9.09. The normalized spacial score (nSPS) is 11.5. The van der Waals surface area contributed by atoms with Gasteiger partial charge >= 0.3 is 0 Å². The molecule has 2 heterocycles. The van der Waals surface area contributed by atoms with Crippen molar-refractivity contribution in [3.8, 4) is 18.1 Å². The molecule has 31 heavy (non-hydrogen) atoms. The summed E-state index contributed by atoms with van der Waals surface area (Å²) in [6.07, 6.45) is 7.03. The van der Waals surface area contributed by atoms with Gasteiger partial charge < -0.3 is 20.4 Å². The predicted molar refractivity (Wildman–Crippen MR) is 119 cm³/mol. The molecule has 11 nitrogen and oxygen atoms in total. The van der Waals surface area contributed by atoms with Crippen LogP contribution in [0.4, 0.5) is 5.82 Å². The van der Waals surface area contributed by atoms with Crippen molar-refractivity contribution >= 4 is 39.0 Å². The van der Waals surface area contributed by atoms with Crippen LogP contribution < -0.4 is 25.6 Å². The number of nitrogens with zero attached hydrogens (tertiary/aromatic N) is 4. The molecule has 3 rings (SSSR count). The molecule has 0 fully saturated rings. The Kier molecular flexibility index (Phi) is 7.31. The molecule has 0 saturated heterocycles. The van der Waals surface area contributed by atoms with Crippen LogP contribution in [0.3, 0.4) is 0 Å². The molecule has 3 aromatic rings. The highest BCUT2D eigenvalue weighted by Crippen LogP contribution is 2.34. The van der Waals surface area contributed by atoms with Crippen LogP contribution in [0, 0.1) is 12.3 Å². The van der Waals surface area contributed by atoms with Gasteiger partial charge in [-0.05, 0) is 18.2 Å². The summed E-state index contributed by atoms with van der Waals surface area (Å²) in [5.41, 5.74) is 7.77. The van der Waals surface area contributed by atoms with E-state index in [2.05, 4.69) is 30.9 Å². The minimum Gasteiger partial charge on any atom is -0.497 e. The molecule has 0 aliphatic carbocycles. The van der Waals surface area contributed by atoms with Gasteiger partial charge in [-0.2, -0.15) is 8.42 Å². The summed E-state index contributed by atoms with van der Waals surface area (Å²) < 4.78 is 31.3. The molecule has 0 atom stereocenters. The van der Waals surface area contributed by atoms with E-state index in [0.717, 1.165) is 4.90 Å². The first-order chi connectivity index (χ1) is 14.8. The Balaban J connectivity index is 1.83. The second-order valence-corrected chi connectivity index (χ2v) is 8.66. The summed E-state index contributed by atoms with van der Waals surface area (Å²) >= 11 is 1.37. The lowest BCUT2D eigenvalue weighted by Crippen LogP contribution is -2.36. The summed E-state index contributed by atoms with van der Waals surface area (Å²) in [5.74, 6) is 3.62. The molecule has 1 aromatic carbocycles. The molecule has 2 aromatic heterocycles. The second kappa shape index (κ2) is 9.94. The number of methoxy groups -OCH3 is 1. The van der Waals surface area contributed by atoms with Gasteiger partial charge in [0.25, 0.3) is 10.2 Å². The highest BCUT2D eigenvalue weighted by Gasteiger charge is 2.17. The molecule has 13 heteroatoms. The molecule has 6 N–H and O–H groups in total. The van der Waals surface area contributed by atoms with E-state index in [1.807, 2.05) is 16.7 Å². The number of nitrogens with one attached hydrogen (secondary N) is 2. The Morgan fingerprint density at radius 2 is 2.10 bits per heavy atom. The Labute approximate surface area is 184 Å². The first-order valence-corrected chi connectivity index (χ1v) is 11.5. The van der Waals surface area contributed by atoms with Crippen molar-refractivity contribution in [3.63, 3.8) is 0 Å². The summed E-state index contributed by atoms with van der Waals surface area (Å²) in [6.45, 7) is 1.60. The van der Waals surface area contributed by atoms with Gasteiger partial charge in [0, 0.05) is 36.6 Å². The molecule has 0 unspecified atom stereocenters. The van der Waals surface area contributed by atoms with Crippen molar-refractivity contribution in [2.45, 2.75) is 16.6 Å². The van der Waals surface area contributed by atoms with E-state index in [-0.39, 0.29) is 12.4 Å². The highest BCUT2D eigenvalue weighted by molar-refractivity contribution is 7.99. The maximum atomic E-state index is 10.9. The smallest absolute Gasteiger partial charge is 0.274 e. The lowest BCUT2D eigenvalue weighted by atomic mass is 10.2. The zero-order chi connectivity index (χ0) is 22.4. The fourth-order valence-electron chi connectivity index (χ4n) is 2.74. The molecular formula is C18H22N8O3S2. The molecule has 0 spiro atoms. The molecule has 0 radical (unpaired) electrons. The van der Waals surface area contributed by atoms with Gasteiger partial charge in [0.05, 0.1) is 7.11 Å². The number of nitrogen functional groups attached to an aromatic ring is 1. The third kappa shape index (κ3) is 5.84. The number of anilines is 1. The van der Waals surface area contributed by atoms with Gasteiger partial charge in [-0.25, -0.2) is 24.8 Å². The Bertz CT molecular complexity index is 1220. The van der Waals surface area contributed by atoms with Crippen molar-refractivity contribution in [1.29, 1.82) is 0 Å². The molecule has 0 aliphatic rings. The van der Waals surface area contributed by atoms with Crippen LogP contribution >= 0.6 is 11.8 Å². The van der Waals surface area contributed by atoms with E-state index < -0.39 is 10.2 Å². The quantitative estimate of drug-likeness (QED) is 0.238. The molecule has 164 valence electrons. The predicted octanol–water partition coefficient (Wildman–Crippen LogP) is -0.0677. The Morgan fingerprint density at radius 3 is 2.81 bits per heavy atom. The van der Waals surface area contributed by atoms with Crippen molar-refractivity contribution in [3.05, 3.63) is 30.1 Å². The minimum absolute atomic E-state index is 0.176. The summed E-state index contributed by atoms with van der Waals surface area (Å²) in [5, 5.41) is 8.69. The monoisotopic (exact) mass is 462 g/mol. The van der Waals surface area contributed by atoms with E-state index >= 15 is 0 Å². The van der Waals surface area contributed by atoms with Gasteiger partial charge in [-0.3, -0.25) is 0 Å². The summed E-state index contributed by atoms with van der Waals surface area (Å²) in [6, 6.07) is 5.45. The van der Waals surface area contributed by atoms with Crippen LogP contribution in [-0.2, 0) is 16.8 Å². The number of hydrogen-bond acceptors (Lipinski definition) is 9. The third-order valence-electron chi connectivity index (χ3n) is 4.19. The van der Waals surface area contributed by atoms with Gasteiger partial charge in [-0.1, -0.05) is 17.7 Å². The molecule has 0 saturated carbocycles. The van der Waals surface area contributed by atoms with Gasteiger partial charge in [0.2, 0.25) is 0 Å². The second-order valence-electron chi connectivity index (χ2n) is 6.27. The summed E-state index contributed by atoms with van der Waals surface area (Å²) in [4.78, 5) is 13.8. The van der Waals surface area contributed by atoms with Crippen LogP contribution in [0.1, 0.15) is 5.56 Å². The zero-order valence-corrected chi connectivity index (χ0v) is 18.3. The average Bonchev–Trinajstić information content (AvgIpc) is 3.08. The lowest BCUT2D eigenvalue weighted by molar-refractivity contribution is 0.413. The molecule has 0 aliphatic heterocycles. The van der Waals surface area contributed by atoms with Crippen molar-refractivity contribution in [1.82, 2.24) is 29.6 Å². The minimum atomic E-state index is -3.71. The average molecular weight is 463 g/mol. The lowest BCUT2D eigenvalue weighted by Gasteiger charge is -2.11. The maximum absolute atomic E-state index is 10.9. The van der Waals surface area contributed by atoms with Crippen LogP contribution in [0.2, 0.25) is 0 Å². The van der Waals surface area contributed by atoms with E-state index in [1.54, 1.807) is 13.2 Å². The summed E-state index contributed by atoms with van der Waals surface area (Å²) in [7, 11) is -2.12. The standard InChI is InChI=1S/C18H22N8O3S2/c1-3-12-4-5-13(29-2)10-14(12)30-18-25-15-16(19)22-11-23-17(15)26(18)9-8-21-6-7-24-31(20,27)28/h1,4-5,10-11,21,24H,6-9H2,2H3,(H2,19,22,23)(H2,20,27,28). The maximum Gasteiger partial charge on any atom is 0.274 e. The number of benzene rings is 1. The number of hydrogen-bond donors (Lipinski definition) is 4. The number of aromatic nitrogens is 4. The number of fused-ring (bicyclic) bond motifs is 1. The highest BCUT2D eigenvalue weighted by atomic mass is 32.2. The molecule has 0 bridgehead atoms. The van der Waals surface area contributed by atoms with Crippen LogP contribution in [0.25, 0.3) is 11.2 Å². The van der Waals surface area contributed by atoms with E-state index in [1.165, 1.54) is 18.1 Å². The van der Waals surface area contributed by atoms with Crippen molar-refractivity contribution in [2.75, 3.05) is 32.5 Å². The van der Waals surface area contributed by atoms with Crippen molar-refractivity contribution < 1.29 is 13.2 Å². The van der Waals surface area contributed by atoms with Gasteiger partial charge in [0.15, 0.2) is 22.1 Å². The molecule has 0 amide bonds. The van der Waals surface area contributed by atoms with Crippen molar-refractivity contribution in [2.24, 2.45) is 5.14 Å². The van der Waals surface area contributed by atoms with Crippen LogP contribution in [-0.4, -0.2) is 54.7 Å². The van der Waals surface area contributed by atoms with E-state index in [9.17, 15) is 8.42 Å². The fraction of sp³-hybridized carbons (Fsp3) is 0.278. The number of imidazole rings is 1. The third-order valence-corrected chi connectivity index (χ3v) is 5.85. The topological polar surface area (TPSA) is 163 Å². The number of terminal acetylenes is 1. The van der Waals surface area contributed by atoms with Gasteiger partial charge in [0.1, 0.15) is 12.1 Å². The van der Waals surface area contributed by atoms with Crippen LogP contribution in [0.5, 0.6) is 5.75 Å². The number of nitrogens with two attached hydrogens (primary N) is 2. The van der Waals surface area contributed by atoms with Crippen LogP contribution in [0.15, 0.2) is 34.6 Å². The Hall–Kier alpha value is -2.89.